The van der Waals surface area contributed by atoms with E-state index in [4.69, 9.17) is 4.74 Å². The maximum atomic E-state index is 12.5. The second-order valence-electron chi connectivity index (χ2n) is 7.27. The number of aliphatic carboxylic acids is 1. The van der Waals surface area contributed by atoms with Crippen LogP contribution < -0.4 is 15.4 Å². The van der Waals surface area contributed by atoms with Gasteiger partial charge in [0, 0.05) is 43.5 Å². The number of hydrogen-bond acceptors (Lipinski definition) is 6. The van der Waals surface area contributed by atoms with E-state index in [-0.39, 0.29) is 6.42 Å². The van der Waals surface area contributed by atoms with Crippen LogP contribution in [0, 0.1) is 6.92 Å². The van der Waals surface area contributed by atoms with E-state index in [0.29, 0.717) is 29.9 Å². The van der Waals surface area contributed by atoms with E-state index in [1.807, 2.05) is 25.2 Å². The number of anilines is 1. The largest absolute Gasteiger partial charge is 0.493 e. The summed E-state index contributed by atoms with van der Waals surface area (Å²) in [6.45, 7) is 2.22. The third kappa shape index (κ3) is 6.28. The molecule has 0 aliphatic rings. The molecule has 3 N–H and O–H groups in total. The number of aryl methyl sites for hydroxylation is 1. The summed E-state index contributed by atoms with van der Waals surface area (Å²) in [5.74, 6) is -0.0391. The zero-order chi connectivity index (χ0) is 22.9. The number of aromatic nitrogens is 2. The van der Waals surface area contributed by atoms with Crippen LogP contribution in [-0.2, 0) is 17.6 Å². The summed E-state index contributed by atoms with van der Waals surface area (Å²) in [6.07, 6.45) is 3.89. The van der Waals surface area contributed by atoms with Crippen LogP contribution in [0.15, 0.2) is 60.9 Å². The first kappa shape index (κ1) is 22.7. The molecule has 166 valence electrons. The van der Waals surface area contributed by atoms with Crippen LogP contribution in [0.3, 0.4) is 0 Å². The van der Waals surface area contributed by atoms with E-state index < -0.39 is 17.9 Å². The second kappa shape index (κ2) is 10.9. The number of pyridine rings is 2. The molecule has 0 saturated carbocycles. The summed E-state index contributed by atoms with van der Waals surface area (Å²) >= 11 is 0. The molecule has 0 fully saturated rings. The Kier molecular flexibility index (Phi) is 7.75. The molecule has 1 aromatic carbocycles. The van der Waals surface area contributed by atoms with Gasteiger partial charge in [-0.2, -0.15) is 0 Å². The van der Waals surface area contributed by atoms with Gasteiger partial charge in [0.2, 0.25) is 0 Å². The van der Waals surface area contributed by atoms with Gasteiger partial charge in [-0.1, -0.05) is 18.2 Å². The fourth-order valence-corrected chi connectivity index (χ4v) is 3.15. The zero-order valence-corrected chi connectivity index (χ0v) is 18.0. The first-order valence-electron chi connectivity index (χ1n) is 10.3. The Morgan fingerprint density at radius 1 is 1.12 bits per heavy atom. The Labute approximate surface area is 186 Å². The molecule has 0 spiro atoms. The van der Waals surface area contributed by atoms with Gasteiger partial charge in [0.25, 0.3) is 5.91 Å². The topological polar surface area (TPSA) is 113 Å². The quantitative estimate of drug-likeness (QED) is 0.450. The fourth-order valence-electron chi connectivity index (χ4n) is 3.15. The van der Waals surface area contributed by atoms with Crippen LogP contribution in [0.1, 0.15) is 27.2 Å². The molecule has 0 aliphatic heterocycles. The van der Waals surface area contributed by atoms with Crippen LogP contribution in [0.4, 0.5) is 5.82 Å². The van der Waals surface area contributed by atoms with Crippen molar-refractivity contribution in [3.8, 4) is 5.75 Å². The van der Waals surface area contributed by atoms with Gasteiger partial charge in [-0.25, -0.2) is 9.78 Å². The summed E-state index contributed by atoms with van der Waals surface area (Å²) in [5, 5.41) is 15.1. The van der Waals surface area contributed by atoms with Crippen molar-refractivity contribution in [3.05, 3.63) is 83.3 Å². The molecule has 0 radical (unpaired) electrons. The normalized spacial score (nSPS) is 11.4. The zero-order valence-electron chi connectivity index (χ0n) is 18.0. The number of hydrogen-bond donors (Lipinski definition) is 3. The number of carbonyl (C=O) groups excluding carboxylic acids is 1. The van der Waals surface area contributed by atoms with Crippen LogP contribution in [-0.4, -0.2) is 46.6 Å². The van der Waals surface area contributed by atoms with E-state index in [1.54, 1.807) is 43.5 Å². The Balaban J connectivity index is 1.55. The maximum Gasteiger partial charge on any atom is 0.326 e. The number of rotatable bonds is 10. The summed E-state index contributed by atoms with van der Waals surface area (Å²) in [7, 11) is 1.82. The lowest BCUT2D eigenvalue weighted by molar-refractivity contribution is -0.139. The van der Waals surface area contributed by atoms with Gasteiger partial charge in [0.05, 0.1) is 6.61 Å². The number of nitrogens with one attached hydrogen (secondary N) is 2. The Morgan fingerprint density at radius 3 is 2.59 bits per heavy atom. The molecule has 8 heteroatoms. The highest BCUT2D eigenvalue weighted by atomic mass is 16.5. The highest BCUT2D eigenvalue weighted by Gasteiger charge is 2.22. The number of carbonyl (C=O) groups is 2. The minimum absolute atomic E-state index is 0.159. The van der Waals surface area contributed by atoms with Crippen LogP contribution in [0.5, 0.6) is 5.75 Å². The molecular weight excluding hydrogens is 408 g/mol. The lowest BCUT2D eigenvalue weighted by Gasteiger charge is -2.16. The summed E-state index contributed by atoms with van der Waals surface area (Å²) in [5.41, 5.74) is 2.80. The Bertz CT molecular complexity index is 1070. The van der Waals surface area contributed by atoms with Crippen molar-refractivity contribution < 1.29 is 19.4 Å². The molecule has 0 saturated heterocycles. The standard InChI is InChI=1S/C24H26N4O4/c1-16-15-26-12-10-20(16)23(29)28-21(24(30)31)14-17-6-8-19(9-7-17)32-13-11-18-4-3-5-22(25-2)27-18/h3-10,12,15,21H,11,13-14H2,1-2H3,(H,25,27)(H,28,29)(H,30,31)/t21-/m0/s1. The van der Waals surface area contributed by atoms with E-state index in [0.717, 1.165) is 17.1 Å². The SMILES string of the molecule is CNc1cccc(CCOc2ccc(C[C@H](NC(=O)c3ccncc3C)C(=O)O)cc2)n1. The number of nitrogens with zero attached hydrogens (tertiary/aromatic N) is 2. The van der Waals surface area contributed by atoms with Crippen molar-refractivity contribution in [2.75, 3.05) is 19.0 Å². The van der Waals surface area contributed by atoms with Gasteiger partial charge < -0.3 is 20.5 Å². The number of carboxylic acids is 1. The van der Waals surface area contributed by atoms with Gasteiger partial charge in [-0.05, 0) is 48.4 Å². The number of amides is 1. The molecular formula is C24H26N4O4. The van der Waals surface area contributed by atoms with E-state index in [2.05, 4.69) is 20.6 Å². The summed E-state index contributed by atoms with van der Waals surface area (Å²) < 4.78 is 5.77. The fraction of sp³-hybridized carbons (Fsp3) is 0.250. The van der Waals surface area contributed by atoms with Crippen molar-refractivity contribution in [1.82, 2.24) is 15.3 Å². The minimum Gasteiger partial charge on any atom is -0.493 e. The predicted molar refractivity (Wildman–Crippen MR) is 121 cm³/mol. The molecule has 0 unspecified atom stereocenters. The molecule has 8 nitrogen and oxygen atoms in total. The van der Waals surface area contributed by atoms with Crippen molar-refractivity contribution in [2.24, 2.45) is 0 Å². The van der Waals surface area contributed by atoms with Crippen molar-refractivity contribution in [1.29, 1.82) is 0 Å². The van der Waals surface area contributed by atoms with E-state index in [1.165, 1.54) is 6.20 Å². The average Bonchev–Trinajstić information content (AvgIpc) is 2.80. The third-order valence-electron chi connectivity index (χ3n) is 4.92. The van der Waals surface area contributed by atoms with Crippen LogP contribution in [0.25, 0.3) is 0 Å². The van der Waals surface area contributed by atoms with Crippen molar-refractivity contribution in [2.45, 2.75) is 25.8 Å². The van der Waals surface area contributed by atoms with Crippen LogP contribution in [0.2, 0.25) is 0 Å². The number of benzene rings is 1. The molecule has 0 aliphatic carbocycles. The third-order valence-corrected chi connectivity index (χ3v) is 4.92. The first-order chi connectivity index (χ1) is 15.5. The minimum atomic E-state index is -1.10. The average molecular weight is 434 g/mol. The summed E-state index contributed by atoms with van der Waals surface area (Å²) in [4.78, 5) is 32.6. The highest BCUT2D eigenvalue weighted by molar-refractivity contribution is 5.97. The molecule has 3 rings (SSSR count). The summed E-state index contributed by atoms with van der Waals surface area (Å²) in [6, 6.07) is 13.5. The molecule has 2 heterocycles. The molecule has 0 bridgehead atoms. The molecule has 2 aromatic heterocycles. The monoisotopic (exact) mass is 434 g/mol. The first-order valence-corrected chi connectivity index (χ1v) is 10.3. The maximum absolute atomic E-state index is 12.5. The lowest BCUT2D eigenvalue weighted by Crippen LogP contribution is -2.42. The van der Waals surface area contributed by atoms with Gasteiger partial charge >= 0.3 is 5.97 Å². The van der Waals surface area contributed by atoms with Crippen LogP contribution >= 0.6 is 0 Å². The smallest absolute Gasteiger partial charge is 0.326 e. The predicted octanol–water partition coefficient (Wildman–Crippen LogP) is 2.87. The Morgan fingerprint density at radius 2 is 1.91 bits per heavy atom. The number of carboxylic acid groups (broad SMARTS) is 1. The van der Waals surface area contributed by atoms with Gasteiger partial charge in [0.15, 0.2) is 0 Å². The molecule has 1 amide bonds. The second-order valence-corrected chi connectivity index (χ2v) is 7.27. The highest BCUT2D eigenvalue weighted by Crippen LogP contribution is 2.15. The van der Waals surface area contributed by atoms with Gasteiger partial charge in [-0.15, -0.1) is 0 Å². The van der Waals surface area contributed by atoms with E-state index >= 15 is 0 Å². The molecule has 32 heavy (non-hydrogen) atoms. The van der Waals surface area contributed by atoms with Crippen molar-refractivity contribution >= 4 is 17.7 Å². The number of ether oxygens (including phenoxy) is 1. The lowest BCUT2D eigenvalue weighted by atomic mass is 10.0. The van der Waals surface area contributed by atoms with E-state index in [9.17, 15) is 14.7 Å². The van der Waals surface area contributed by atoms with Gasteiger partial charge in [0.1, 0.15) is 17.6 Å². The van der Waals surface area contributed by atoms with Gasteiger partial charge in [-0.3, -0.25) is 9.78 Å². The van der Waals surface area contributed by atoms with Crippen molar-refractivity contribution in [3.63, 3.8) is 0 Å². The molecule has 1 atom stereocenters. The molecule has 3 aromatic rings. The Hall–Kier alpha value is -3.94.